The number of nitrogens with two attached hydrogens (primary N) is 1. The van der Waals surface area contributed by atoms with Crippen molar-refractivity contribution in [1.82, 2.24) is 0 Å². The first-order chi connectivity index (χ1) is 9.51. The summed E-state index contributed by atoms with van der Waals surface area (Å²) in [5.74, 6) is -3.87. The lowest BCUT2D eigenvalue weighted by Crippen LogP contribution is -2.23. The van der Waals surface area contributed by atoms with Crippen molar-refractivity contribution in [1.29, 1.82) is 0 Å². The summed E-state index contributed by atoms with van der Waals surface area (Å²) in [7, 11) is 0. The SMILES string of the molecule is Cc1cc(F)c(/N=C(\N)C(F)F)cc1[S+]([O-])CC(F)(F)F. The van der Waals surface area contributed by atoms with Crippen LogP contribution in [-0.2, 0) is 11.2 Å². The van der Waals surface area contributed by atoms with Crippen LogP contribution in [0.25, 0.3) is 0 Å². The largest absolute Gasteiger partial charge is 0.611 e. The number of rotatable bonds is 4. The summed E-state index contributed by atoms with van der Waals surface area (Å²) in [5, 5.41) is 0. The molecule has 0 aromatic heterocycles. The van der Waals surface area contributed by atoms with Gasteiger partial charge in [0.25, 0.3) is 6.43 Å². The molecule has 1 rings (SSSR count). The first kappa shape index (κ1) is 17.6. The molecule has 10 heteroatoms. The molecule has 2 N–H and O–H groups in total. The third-order valence-corrected chi connectivity index (χ3v) is 3.78. The van der Waals surface area contributed by atoms with Gasteiger partial charge < -0.3 is 10.3 Å². The van der Waals surface area contributed by atoms with Gasteiger partial charge in [-0.1, -0.05) is 0 Å². The van der Waals surface area contributed by atoms with Crippen LogP contribution in [0.2, 0.25) is 0 Å². The molecule has 1 aromatic rings. The van der Waals surface area contributed by atoms with Crippen molar-refractivity contribution in [2.75, 3.05) is 5.75 Å². The summed E-state index contributed by atoms with van der Waals surface area (Å²) >= 11 is -2.50. The number of alkyl halides is 5. The van der Waals surface area contributed by atoms with Crippen LogP contribution in [0.3, 0.4) is 0 Å². The fraction of sp³-hybridized carbons (Fsp3) is 0.364. The molecule has 0 radical (unpaired) electrons. The second kappa shape index (κ2) is 6.56. The lowest BCUT2D eigenvalue weighted by Gasteiger charge is -2.15. The quantitative estimate of drug-likeness (QED) is 0.399. The molecule has 0 saturated heterocycles. The van der Waals surface area contributed by atoms with E-state index in [1.54, 1.807) is 0 Å². The van der Waals surface area contributed by atoms with E-state index >= 15 is 0 Å². The summed E-state index contributed by atoms with van der Waals surface area (Å²) in [5.41, 5.74) is 4.16. The second-order valence-electron chi connectivity index (χ2n) is 4.01. The predicted molar refractivity (Wildman–Crippen MR) is 65.8 cm³/mol. The summed E-state index contributed by atoms with van der Waals surface area (Å²) in [6, 6.07) is 1.49. The van der Waals surface area contributed by atoms with E-state index in [1.807, 2.05) is 0 Å². The van der Waals surface area contributed by atoms with Gasteiger partial charge in [-0.25, -0.2) is 18.2 Å². The first-order valence-corrected chi connectivity index (χ1v) is 6.70. The fourth-order valence-corrected chi connectivity index (χ4v) is 2.50. The molecule has 0 fully saturated rings. The van der Waals surface area contributed by atoms with Crippen LogP contribution < -0.4 is 5.73 Å². The van der Waals surface area contributed by atoms with E-state index in [1.165, 1.54) is 6.92 Å². The Hall–Kier alpha value is -1.42. The lowest BCUT2D eigenvalue weighted by molar-refractivity contribution is -0.106. The van der Waals surface area contributed by atoms with Crippen LogP contribution in [0.1, 0.15) is 5.56 Å². The van der Waals surface area contributed by atoms with Gasteiger partial charge >= 0.3 is 6.18 Å². The van der Waals surface area contributed by atoms with E-state index in [-0.39, 0.29) is 10.5 Å². The predicted octanol–water partition coefficient (Wildman–Crippen LogP) is 3.06. The number of aryl methyl sites for hydroxylation is 1. The smallest absolute Gasteiger partial charge is 0.433 e. The highest BCUT2D eigenvalue weighted by Gasteiger charge is 2.36. The summed E-state index contributed by atoms with van der Waals surface area (Å²) < 4.78 is 86.2. The Labute approximate surface area is 119 Å². The zero-order valence-electron chi connectivity index (χ0n) is 10.5. The van der Waals surface area contributed by atoms with E-state index in [9.17, 15) is 30.9 Å². The van der Waals surface area contributed by atoms with Crippen molar-refractivity contribution in [3.05, 3.63) is 23.5 Å². The topological polar surface area (TPSA) is 61.4 Å². The van der Waals surface area contributed by atoms with Gasteiger partial charge in [-0.15, -0.1) is 0 Å². The first-order valence-electron chi connectivity index (χ1n) is 5.38. The zero-order chi connectivity index (χ0) is 16.4. The minimum Gasteiger partial charge on any atom is -0.611 e. The third kappa shape index (κ3) is 5.12. The van der Waals surface area contributed by atoms with E-state index in [0.29, 0.717) is 0 Å². The number of aliphatic imine (C=N–C) groups is 1. The van der Waals surface area contributed by atoms with Crippen molar-refractivity contribution >= 4 is 22.7 Å². The Balaban J connectivity index is 3.21. The number of hydrogen-bond acceptors (Lipinski definition) is 2. The second-order valence-corrected chi connectivity index (χ2v) is 5.43. The highest BCUT2D eigenvalue weighted by Crippen LogP contribution is 2.29. The van der Waals surface area contributed by atoms with Gasteiger partial charge in [-0.2, -0.15) is 13.2 Å². The molecule has 1 aromatic carbocycles. The molecule has 0 aliphatic heterocycles. The molecule has 0 heterocycles. The standard InChI is InChI=1S/C11H10F6N2OS/c1-5-2-6(12)7(19-10(18)9(13)14)3-8(5)21(20)4-11(15,16)17/h2-3,9H,4H2,1H3,(H2,18,19). The highest BCUT2D eigenvalue weighted by molar-refractivity contribution is 7.91. The van der Waals surface area contributed by atoms with Crippen molar-refractivity contribution in [2.45, 2.75) is 24.4 Å². The van der Waals surface area contributed by atoms with Crippen molar-refractivity contribution in [3.8, 4) is 0 Å². The maximum atomic E-state index is 13.5. The average Bonchev–Trinajstić information content (AvgIpc) is 2.29. The van der Waals surface area contributed by atoms with Crippen molar-refractivity contribution in [3.63, 3.8) is 0 Å². The number of halogens is 6. The molecule has 0 aliphatic rings. The molecule has 1 unspecified atom stereocenters. The van der Waals surface area contributed by atoms with Crippen molar-refractivity contribution < 1.29 is 30.9 Å². The number of hydrogen-bond donors (Lipinski definition) is 1. The minimum atomic E-state index is -4.68. The summed E-state index contributed by atoms with van der Waals surface area (Å²) in [4.78, 5) is 2.75. The Morgan fingerprint density at radius 2 is 1.95 bits per heavy atom. The van der Waals surface area contributed by atoms with E-state index in [0.717, 1.165) is 12.1 Å². The zero-order valence-corrected chi connectivity index (χ0v) is 11.4. The molecule has 0 spiro atoms. The van der Waals surface area contributed by atoms with Crippen LogP contribution in [0.4, 0.5) is 32.0 Å². The van der Waals surface area contributed by atoms with Crippen LogP contribution in [0, 0.1) is 12.7 Å². The van der Waals surface area contributed by atoms with Gasteiger partial charge in [0.2, 0.25) is 5.75 Å². The molecule has 0 saturated carbocycles. The van der Waals surface area contributed by atoms with Gasteiger partial charge in [0.1, 0.15) is 11.5 Å². The average molecular weight is 332 g/mol. The van der Waals surface area contributed by atoms with Gasteiger partial charge in [0.15, 0.2) is 10.7 Å². The molecular weight excluding hydrogens is 322 g/mol. The molecule has 0 amide bonds. The molecule has 21 heavy (non-hydrogen) atoms. The van der Waals surface area contributed by atoms with Gasteiger partial charge in [-0.05, 0) is 24.2 Å². The van der Waals surface area contributed by atoms with Gasteiger partial charge in [0, 0.05) is 11.6 Å². The molecule has 3 nitrogen and oxygen atoms in total. The number of amidine groups is 1. The summed E-state index contributed by atoms with van der Waals surface area (Å²) in [6.45, 7) is 1.25. The Morgan fingerprint density at radius 1 is 1.38 bits per heavy atom. The lowest BCUT2D eigenvalue weighted by atomic mass is 10.2. The molecule has 0 aliphatic carbocycles. The highest BCUT2D eigenvalue weighted by atomic mass is 32.2. The summed E-state index contributed by atoms with van der Waals surface area (Å²) in [6.07, 6.45) is -7.83. The van der Waals surface area contributed by atoms with E-state index < -0.39 is 46.9 Å². The maximum Gasteiger partial charge on any atom is 0.433 e. The Kier molecular flexibility index (Phi) is 5.51. The maximum absolute atomic E-state index is 13.5. The van der Waals surface area contributed by atoms with Crippen LogP contribution in [0.15, 0.2) is 22.0 Å². The molecule has 0 bridgehead atoms. The van der Waals surface area contributed by atoms with Crippen LogP contribution in [-0.4, -0.2) is 28.7 Å². The Morgan fingerprint density at radius 3 is 2.43 bits per heavy atom. The normalized spacial score (nSPS) is 14.6. The molecular formula is C11H10F6N2OS. The fourth-order valence-electron chi connectivity index (χ4n) is 1.39. The van der Waals surface area contributed by atoms with Crippen LogP contribution in [0.5, 0.6) is 0 Å². The van der Waals surface area contributed by atoms with Gasteiger partial charge in [0.05, 0.1) is 0 Å². The monoisotopic (exact) mass is 332 g/mol. The molecule has 118 valence electrons. The number of nitrogens with zero attached hydrogens (tertiary/aromatic N) is 1. The van der Waals surface area contributed by atoms with Crippen molar-refractivity contribution in [2.24, 2.45) is 10.7 Å². The van der Waals surface area contributed by atoms with E-state index in [2.05, 4.69) is 4.99 Å². The Bertz CT molecular complexity index is 546. The number of benzene rings is 1. The van der Waals surface area contributed by atoms with Gasteiger partial charge in [-0.3, -0.25) is 0 Å². The van der Waals surface area contributed by atoms with E-state index in [4.69, 9.17) is 5.73 Å². The minimum absolute atomic E-state index is 0.00958. The third-order valence-electron chi connectivity index (χ3n) is 2.26. The molecule has 1 atom stereocenters. The van der Waals surface area contributed by atoms with Crippen LogP contribution >= 0.6 is 0 Å².